The molecule has 1 rings (SSSR count). The predicted molar refractivity (Wildman–Crippen MR) is 83.9 cm³/mol. The van der Waals surface area contributed by atoms with E-state index in [2.05, 4.69) is 23.9 Å². The van der Waals surface area contributed by atoms with Crippen molar-refractivity contribution in [3.8, 4) is 0 Å². The molecule has 3 atom stereocenters. The second-order valence-corrected chi connectivity index (χ2v) is 7.75. The van der Waals surface area contributed by atoms with Crippen LogP contribution in [0.2, 0.25) is 0 Å². The molecule has 0 radical (unpaired) electrons. The Balaban J connectivity index is 2.65. The van der Waals surface area contributed by atoms with Crippen molar-refractivity contribution in [2.24, 2.45) is 5.92 Å². The van der Waals surface area contributed by atoms with E-state index in [1.54, 1.807) is 4.31 Å². The van der Waals surface area contributed by atoms with Gasteiger partial charge in [-0.25, -0.2) is 0 Å². The zero-order valence-electron chi connectivity index (χ0n) is 13.4. The minimum absolute atomic E-state index is 0.00730. The molecule has 6 heteroatoms. The Labute approximate surface area is 124 Å². The maximum absolute atomic E-state index is 12.5. The highest BCUT2D eigenvalue weighted by atomic mass is 32.2. The third kappa shape index (κ3) is 5.31. The summed E-state index contributed by atoms with van der Waals surface area (Å²) in [6.45, 7) is 7.62. The molecule has 0 saturated carbocycles. The van der Waals surface area contributed by atoms with Gasteiger partial charge in [0.1, 0.15) is 0 Å². The van der Waals surface area contributed by atoms with E-state index in [0.29, 0.717) is 12.5 Å². The number of nitrogens with one attached hydrogen (secondary N) is 2. The van der Waals surface area contributed by atoms with E-state index in [-0.39, 0.29) is 12.1 Å². The van der Waals surface area contributed by atoms with E-state index in [4.69, 9.17) is 0 Å². The molecule has 1 fully saturated rings. The highest BCUT2D eigenvalue weighted by Gasteiger charge is 2.32. The standard InChI is InChI=1S/C14H31N3O2S/c1-5-12(2)10-13(3)16-20(18,19)17-9-7-6-8-14(17)11-15-4/h12-16H,5-11H2,1-4H3. The lowest BCUT2D eigenvalue weighted by Crippen LogP contribution is -2.53. The largest absolute Gasteiger partial charge is 0.318 e. The van der Waals surface area contributed by atoms with Crippen molar-refractivity contribution in [3.05, 3.63) is 0 Å². The topological polar surface area (TPSA) is 61.4 Å². The van der Waals surface area contributed by atoms with Gasteiger partial charge < -0.3 is 5.32 Å². The molecule has 120 valence electrons. The van der Waals surface area contributed by atoms with Gasteiger partial charge in [-0.15, -0.1) is 0 Å². The van der Waals surface area contributed by atoms with Gasteiger partial charge in [0.15, 0.2) is 0 Å². The van der Waals surface area contributed by atoms with Gasteiger partial charge in [-0.1, -0.05) is 26.7 Å². The fourth-order valence-electron chi connectivity index (χ4n) is 2.87. The first kappa shape index (κ1) is 17.9. The summed E-state index contributed by atoms with van der Waals surface area (Å²) in [6, 6.07) is 0.0779. The van der Waals surface area contributed by atoms with Crippen molar-refractivity contribution in [2.45, 2.75) is 65.0 Å². The van der Waals surface area contributed by atoms with Crippen LogP contribution in [0.25, 0.3) is 0 Å². The number of piperidine rings is 1. The SMILES string of the molecule is CCC(C)CC(C)NS(=O)(=O)N1CCCCC1CNC. The van der Waals surface area contributed by atoms with Crippen LogP contribution in [0.5, 0.6) is 0 Å². The van der Waals surface area contributed by atoms with Crippen LogP contribution in [0.15, 0.2) is 0 Å². The third-order valence-corrected chi connectivity index (χ3v) is 5.92. The molecule has 0 aromatic carbocycles. The highest BCUT2D eigenvalue weighted by Crippen LogP contribution is 2.20. The van der Waals surface area contributed by atoms with E-state index in [0.717, 1.165) is 38.6 Å². The first-order valence-electron chi connectivity index (χ1n) is 7.84. The summed E-state index contributed by atoms with van der Waals surface area (Å²) < 4.78 is 29.6. The fourth-order valence-corrected chi connectivity index (χ4v) is 4.55. The van der Waals surface area contributed by atoms with Crippen LogP contribution >= 0.6 is 0 Å². The molecular formula is C14H31N3O2S. The summed E-state index contributed by atoms with van der Waals surface area (Å²) in [4.78, 5) is 0. The number of rotatable bonds is 8. The molecule has 20 heavy (non-hydrogen) atoms. The smallest absolute Gasteiger partial charge is 0.279 e. The fraction of sp³-hybridized carbons (Fsp3) is 1.00. The van der Waals surface area contributed by atoms with Crippen LogP contribution in [0.1, 0.15) is 52.9 Å². The Morgan fingerprint density at radius 1 is 1.30 bits per heavy atom. The molecule has 0 aromatic rings. The summed E-state index contributed by atoms with van der Waals surface area (Å²) in [6.07, 6.45) is 4.99. The molecule has 0 amide bonds. The van der Waals surface area contributed by atoms with E-state index < -0.39 is 10.2 Å². The zero-order valence-corrected chi connectivity index (χ0v) is 14.2. The number of likely N-dealkylation sites (N-methyl/N-ethyl adjacent to an activating group) is 1. The minimum atomic E-state index is -3.36. The number of hydrogen-bond acceptors (Lipinski definition) is 3. The molecule has 5 nitrogen and oxygen atoms in total. The van der Waals surface area contributed by atoms with Gasteiger partial charge in [-0.05, 0) is 39.2 Å². The Morgan fingerprint density at radius 2 is 2.00 bits per heavy atom. The average Bonchev–Trinajstić information content (AvgIpc) is 2.38. The molecule has 1 aliphatic heterocycles. The molecule has 2 N–H and O–H groups in total. The first-order chi connectivity index (χ1) is 9.40. The molecule has 0 aliphatic carbocycles. The predicted octanol–water partition coefficient (Wildman–Crippen LogP) is 1.72. The molecule has 3 unspecified atom stereocenters. The maximum atomic E-state index is 12.5. The van der Waals surface area contributed by atoms with Crippen molar-refractivity contribution in [2.75, 3.05) is 20.1 Å². The molecule has 1 heterocycles. The van der Waals surface area contributed by atoms with Crippen LogP contribution in [-0.4, -0.2) is 44.9 Å². The molecule has 1 saturated heterocycles. The lowest BCUT2D eigenvalue weighted by Gasteiger charge is -2.35. The highest BCUT2D eigenvalue weighted by molar-refractivity contribution is 7.87. The van der Waals surface area contributed by atoms with E-state index in [9.17, 15) is 8.42 Å². The minimum Gasteiger partial charge on any atom is -0.318 e. The van der Waals surface area contributed by atoms with Gasteiger partial charge in [-0.3, -0.25) is 0 Å². The average molecular weight is 305 g/mol. The van der Waals surface area contributed by atoms with Crippen molar-refractivity contribution in [1.29, 1.82) is 0 Å². The third-order valence-electron chi connectivity index (χ3n) is 4.12. The number of nitrogens with zero attached hydrogens (tertiary/aromatic N) is 1. The first-order valence-corrected chi connectivity index (χ1v) is 9.28. The van der Waals surface area contributed by atoms with E-state index >= 15 is 0 Å². The van der Waals surface area contributed by atoms with Gasteiger partial charge in [0.2, 0.25) is 0 Å². The summed E-state index contributed by atoms with van der Waals surface area (Å²) in [5.41, 5.74) is 0. The van der Waals surface area contributed by atoms with Crippen LogP contribution in [-0.2, 0) is 10.2 Å². The van der Waals surface area contributed by atoms with E-state index in [1.165, 1.54) is 0 Å². The second-order valence-electron chi connectivity index (χ2n) is 6.09. The van der Waals surface area contributed by atoms with Gasteiger partial charge in [0.25, 0.3) is 10.2 Å². The summed E-state index contributed by atoms with van der Waals surface area (Å²) in [5, 5.41) is 3.10. The summed E-state index contributed by atoms with van der Waals surface area (Å²) >= 11 is 0. The molecule has 0 bridgehead atoms. The van der Waals surface area contributed by atoms with Gasteiger partial charge >= 0.3 is 0 Å². The van der Waals surface area contributed by atoms with Gasteiger partial charge in [-0.2, -0.15) is 17.4 Å². The normalized spacial score (nSPS) is 24.5. The van der Waals surface area contributed by atoms with Crippen molar-refractivity contribution < 1.29 is 8.42 Å². The molecule has 1 aliphatic rings. The Kier molecular flexibility index (Phi) is 7.43. The Bertz CT molecular complexity index is 371. The number of hydrogen-bond donors (Lipinski definition) is 2. The van der Waals surface area contributed by atoms with Crippen LogP contribution in [0.4, 0.5) is 0 Å². The molecule has 0 spiro atoms. The van der Waals surface area contributed by atoms with Crippen LogP contribution in [0, 0.1) is 5.92 Å². The maximum Gasteiger partial charge on any atom is 0.279 e. The summed E-state index contributed by atoms with van der Waals surface area (Å²) in [7, 11) is -1.49. The lowest BCUT2D eigenvalue weighted by atomic mass is 10.0. The Morgan fingerprint density at radius 3 is 2.60 bits per heavy atom. The second kappa shape index (κ2) is 8.32. The van der Waals surface area contributed by atoms with Gasteiger partial charge in [0, 0.05) is 25.2 Å². The summed E-state index contributed by atoms with van der Waals surface area (Å²) in [5.74, 6) is 0.544. The molecular weight excluding hydrogens is 274 g/mol. The quantitative estimate of drug-likeness (QED) is 0.718. The van der Waals surface area contributed by atoms with E-state index in [1.807, 2.05) is 14.0 Å². The molecule has 0 aromatic heterocycles. The van der Waals surface area contributed by atoms with Crippen molar-refractivity contribution in [1.82, 2.24) is 14.3 Å². The lowest BCUT2D eigenvalue weighted by molar-refractivity contribution is 0.244. The van der Waals surface area contributed by atoms with Crippen molar-refractivity contribution in [3.63, 3.8) is 0 Å². The van der Waals surface area contributed by atoms with Gasteiger partial charge in [0.05, 0.1) is 0 Å². The van der Waals surface area contributed by atoms with Crippen LogP contribution in [0.3, 0.4) is 0 Å². The van der Waals surface area contributed by atoms with Crippen molar-refractivity contribution >= 4 is 10.2 Å². The zero-order chi connectivity index (χ0) is 15.2. The van der Waals surface area contributed by atoms with Crippen LogP contribution < -0.4 is 10.0 Å². The monoisotopic (exact) mass is 305 g/mol. The Hall–Kier alpha value is -0.170.